The van der Waals surface area contributed by atoms with Crippen molar-refractivity contribution in [1.82, 2.24) is 4.98 Å². The van der Waals surface area contributed by atoms with Gasteiger partial charge in [-0.3, -0.25) is 0 Å². The van der Waals surface area contributed by atoms with E-state index in [1.807, 2.05) is 0 Å². The van der Waals surface area contributed by atoms with Gasteiger partial charge >= 0.3 is 0 Å². The molecule has 13 aromatic carbocycles. The summed E-state index contributed by atoms with van der Waals surface area (Å²) in [6.07, 6.45) is 0. The van der Waals surface area contributed by atoms with Crippen molar-refractivity contribution in [2.24, 2.45) is 0 Å². The largest absolute Gasteiger partial charge is 0.248 e. The van der Waals surface area contributed by atoms with Crippen LogP contribution in [-0.4, -0.2) is 4.98 Å². The SMILES string of the molecule is c1ccc(-c2cc(-c3ccccc3)cc(-c3cccc(-c4cc(-c5cccc(-c6cc(-c7ccccc7)cc(-c7ccccc7)c6)c5)cc(-c5cccc(-c6cc(-c7ccccc7)cc7cc(-c8ccccc8)ccc67)n5)c4)c3)c2)cc1. The molecule has 0 unspecified atom stereocenters. The molecule has 0 saturated carbocycles. The lowest BCUT2D eigenvalue weighted by Crippen LogP contribution is -1.93. The van der Waals surface area contributed by atoms with Crippen LogP contribution in [0.5, 0.6) is 0 Å². The maximum atomic E-state index is 5.63. The number of hydrogen-bond donors (Lipinski definition) is 0. The summed E-state index contributed by atoms with van der Waals surface area (Å²) in [6.45, 7) is 0. The Morgan fingerprint density at radius 3 is 0.756 bits per heavy atom. The van der Waals surface area contributed by atoms with Crippen LogP contribution in [0.3, 0.4) is 0 Å². The van der Waals surface area contributed by atoms with Gasteiger partial charge in [0.15, 0.2) is 0 Å². The van der Waals surface area contributed by atoms with Gasteiger partial charge in [0.2, 0.25) is 0 Å². The van der Waals surface area contributed by atoms with Gasteiger partial charge in [0, 0.05) is 11.1 Å². The van der Waals surface area contributed by atoms with Crippen LogP contribution in [0.25, 0.3) is 145 Å². The number of rotatable bonds is 12. The molecule has 0 radical (unpaired) electrons. The molecule has 0 fully saturated rings. The van der Waals surface area contributed by atoms with Crippen LogP contribution in [-0.2, 0) is 0 Å². The zero-order valence-electron chi connectivity index (χ0n) is 45.2. The van der Waals surface area contributed by atoms with Gasteiger partial charge in [0.25, 0.3) is 0 Å². The fourth-order valence-corrected chi connectivity index (χ4v) is 11.6. The molecule has 0 aliphatic carbocycles. The zero-order valence-corrected chi connectivity index (χ0v) is 45.2. The van der Waals surface area contributed by atoms with Crippen molar-refractivity contribution >= 4 is 10.8 Å². The third-order valence-corrected chi connectivity index (χ3v) is 15.8. The van der Waals surface area contributed by atoms with E-state index in [1.54, 1.807) is 0 Å². The monoisotopic (exact) mass is 1040 g/mol. The Labute approximate surface area is 480 Å². The molecule has 1 heterocycles. The molecule has 0 bridgehead atoms. The summed E-state index contributed by atoms with van der Waals surface area (Å²) in [5.74, 6) is 0. The molecular formula is C81H55N. The minimum atomic E-state index is 0.901. The summed E-state index contributed by atoms with van der Waals surface area (Å²) in [6, 6.07) is 121. The first-order chi connectivity index (χ1) is 40.6. The third-order valence-electron chi connectivity index (χ3n) is 15.8. The van der Waals surface area contributed by atoms with Crippen molar-refractivity contribution in [3.63, 3.8) is 0 Å². The number of nitrogens with zero attached hydrogens (tertiary/aromatic N) is 1. The second kappa shape index (κ2) is 22.2. The predicted octanol–water partition coefficient (Wildman–Crippen LogP) is 22.2. The smallest absolute Gasteiger partial charge is 0.0715 e. The van der Waals surface area contributed by atoms with Gasteiger partial charge in [-0.15, -0.1) is 0 Å². The number of hydrogen-bond acceptors (Lipinski definition) is 1. The lowest BCUT2D eigenvalue weighted by atomic mass is 9.90. The topological polar surface area (TPSA) is 12.9 Å². The molecule has 384 valence electrons. The van der Waals surface area contributed by atoms with E-state index in [0.717, 1.165) is 78.0 Å². The van der Waals surface area contributed by atoms with Crippen molar-refractivity contribution in [3.05, 3.63) is 334 Å². The molecule has 14 rings (SSSR count). The number of pyridine rings is 1. The van der Waals surface area contributed by atoms with Crippen LogP contribution < -0.4 is 0 Å². The first-order valence-electron chi connectivity index (χ1n) is 28.1. The van der Waals surface area contributed by atoms with Gasteiger partial charge in [-0.25, -0.2) is 4.98 Å². The molecule has 14 aromatic rings. The highest BCUT2D eigenvalue weighted by Gasteiger charge is 2.17. The Morgan fingerprint density at radius 2 is 0.390 bits per heavy atom. The summed E-state index contributed by atoms with van der Waals surface area (Å²) in [5, 5.41) is 2.33. The highest BCUT2D eigenvalue weighted by Crippen LogP contribution is 2.41. The normalized spacial score (nSPS) is 11.2. The maximum Gasteiger partial charge on any atom is 0.0715 e. The van der Waals surface area contributed by atoms with E-state index in [0.29, 0.717) is 0 Å². The van der Waals surface area contributed by atoms with E-state index in [1.165, 1.54) is 66.6 Å². The van der Waals surface area contributed by atoms with Crippen LogP contribution in [0.2, 0.25) is 0 Å². The molecule has 0 saturated heterocycles. The van der Waals surface area contributed by atoms with Crippen LogP contribution >= 0.6 is 0 Å². The van der Waals surface area contributed by atoms with E-state index in [9.17, 15) is 0 Å². The average molecular weight is 1040 g/mol. The standard InChI is InChI=1S/C81H55N/c1-7-22-56(23-8-1)66-40-41-78-76(44-66)52-75(61-32-17-6-18-33-61)55-79(78)81-39-21-38-80(82-81)77-53-73(64-36-19-34-62(42-64)71-47-67(57-24-9-2-10-25-57)45-68(48-71)58-26-11-3-12-27-58)51-74(54-77)65-37-20-35-63(43-65)72-49-69(59-28-13-4-14-29-59)46-70(50-72)60-30-15-5-16-31-60/h1-55H. The summed E-state index contributed by atoms with van der Waals surface area (Å²) in [5.41, 5.74) is 27.2. The van der Waals surface area contributed by atoms with Crippen molar-refractivity contribution in [2.45, 2.75) is 0 Å². The van der Waals surface area contributed by atoms with Gasteiger partial charge < -0.3 is 0 Å². The van der Waals surface area contributed by atoms with E-state index in [2.05, 4.69) is 334 Å². The lowest BCUT2D eigenvalue weighted by Gasteiger charge is -2.16. The molecular weight excluding hydrogens is 987 g/mol. The minimum Gasteiger partial charge on any atom is -0.248 e. The van der Waals surface area contributed by atoms with Crippen LogP contribution in [0.1, 0.15) is 0 Å². The van der Waals surface area contributed by atoms with Gasteiger partial charge in [-0.05, 0) is 219 Å². The van der Waals surface area contributed by atoms with Gasteiger partial charge in [0.1, 0.15) is 0 Å². The molecule has 0 N–H and O–H groups in total. The van der Waals surface area contributed by atoms with E-state index >= 15 is 0 Å². The van der Waals surface area contributed by atoms with Crippen molar-refractivity contribution in [3.8, 4) is 134 Å². The summed E-state index contributed by atoms with van der Waals surface area (Å²) in [7, 11) is 0. The van der Waals surface area contributed by atoms with Crippen LogP contribution in [0.4, 0.5) is 0 Å². The first-order valence-corrected chi connectivity index (χ1v) is 28.1. The van der Waals surface area contributed by atoms with Crippen molar-refractivity contribution in [1.29, 1.82) is 0 Å². The molecule has 1 heteroatoms. The van der Waals surface area contributed by atoms with Gasteiger partial charge in [-0.2, -0.15) is 0 Å². The van der Waals surface area contributed by atoms with Gasteiger partial charge in [-0.1, -0.05) is 237 Å². The summed E-state index contributed by atoms with van der Waals surface area (Å²) < 4.78 is 0. The molecule has 0 atom stereocenters. The summed E-state index contributed by atoms with van der Waals surface area (Å²) >= 11 is 0. The number of benzene rings is 13. The zero-order chi connectivity index (χ0) is 54.6. The minimum absolute atomic E-state index is 0.901. The summed E-state index contributed by atoms with van der Waals surface area (Å²) in [4.78, 5) is 5.63. The van der Waals surface area contributed by atoms with E-state index in [4.69, 9.17) is 4.98 Å². The molecule has 1 nitrogen and oxygen atoms in total. The van der Waals surface area contributed by atoms with Crippen LogP contribution in [0, 0.1) is 0 Å². The molecule has 0 spiro atoms. The quantitative estimate of drug-likeness (QED) is 0.119. The fourth-order valence-electron chi connectivity index (χ4n) is 11.6. The molecule has 0 amide bonds. The number of fused-ring (bicyclic) bond motifs is 1. The Morgan fingerprint density at radius 1 is 0.146 bits per heavy atom. The van der Waals surface area contributed by atoms with E-state index in [-0.39, 0.29) is 0 Å². The molecule has 1 aromatic heterocycles. The second-order valence-corrected chi connectivity index (χ2v) is 21.1. The first kappa shape index (κ1) is 49.6. The Kier molecular flexibility index (Phi) is 13.4. The highest BCUT2D eigenvalue weighted by atomic mass is 14.7. The molecule has 82 heavy (non-hydrogen) atoms. The fraction of sp³-hybridized carbons (Fsp3) is 0. The van der Waals surface area contributed by atoms with E-state index < -0.39 is 0 Å². The Balaban J connectivity index is 0.929. The second-order valence-electron chi connectivity index (χ2n) is 21.1. The van der Waals surface area contributed by atoms with Crippen molar-refractivity contribution < 1.29 is 0 Å². The molecule has 0 aliphatic rings. The van der Waals surface area contributed by atoms with Crippen molar-refractivity contribution in [2.75, 3.05) is 0 Å². The highest BCUT2D eigenvalue weighted by molar-refractivity contribution is 6.01. The maximum absolute atomic E-state index is 5.63. The predicted molar refractivity (Wildman–Crippen MR) is 347 cm³/mol. The van der Waals surface area contributed by atoms with Gasteiger partial charge in [0.05, 0.1) is 11.4 Å². The number of aromatic nitrogens is 1. The third kappa shape index (κ3) is 10.4. The lowest BCUT2D eigenvalue weighted by molar-refractivity contribution is 1.33. The Bertz CT molecular complexity index is 4260. The van der Waals surface area contributed by atoms with Crippen LogP contribution in [0.15, 0.2) is 334 Å². The Hall–Kier alpha value is -10.7. The molecule has 0 aliphatic heterocycles. The average Bonchev–Trinajstić information content (AvgIpc) is 3.69.